The van der Waals surface area contributed by atoms with Gasteiger partial charge in [-0.1, -0.05) is 26.7 Å². The molecule has 1 rings (SSSR count). The molecule has 5 heteroatoms. The second kappa shape index (κ2) is 8.02. The molecule has 2 unspecified atom stereocenters. The van der Waals surface area contributed by atoms with E-state index < -0.39 is 5.97 Å². The number of nitrogens with zero attached hydrogens (tertiary/aromatic N) is 1. The van der Waals surface area contributed by atoms with Crippen LogP contribution in [0.15, 0.2) is 0 Å². The molecule has 0 aromatic heterocycles. The fraction of sp³-hybridized carbons (Fsp3) is 0.857. The molecule has 2 N–H and O–H groups in total. The molecule has 19 heavy (non-hydrogen) atoms. The molecule has 0 heterocycles. The van der Waals surface area contributed by atoms with Crippen LogP contribution in [0.4, 0.5) is 4.79 Å². The summed E-state index contributed by atoms with van der Waals surface area (Å²) in [6.07, 6.45) is 5.60. The van der Waals surface area contributed by atoms with Crippen molar-refractivity contribution in [1.82, 2.24) is 10.2 Å². The smallest absolute Gasteiger partial charge is 0.323 e. The van der Waals surface area contributed by atoms with Gasteiger partial charge >= 0.3 is 12.0 Å². The Kier molecular flexibility index (Phi) is 6.67. The number of aliphatic carboxylic acids is 1. The number of carbonyl (C=O) groups excluding carboxylic acids is 1. The first kappa shape index (κ1) is 15.8. The zero-order valence-corrected chi connectivity index (χ0v) is 12.0. The van der Waals surface area contributed by atoms with Gasteiger partial charge in [0.25, 0.3) is 0 Å². The Balaban J connectivity index is 2.36. The zero-order valence-electron chi connectivity index (χ0n) is 12.0. The molecule has 0 aromatic rings. The van der Waals surface area contributed by atoms with Gasteiger partial charge in [-0.15, -0.1) is 0 Å². The van der Waals surface area contributed by atoms with Gasteiger partial charge in [0.1, 0.15) is 6.54 Å². The molecule has 1 fully saturated rings. The van der Waals surface area contributed by atoms with Crippen LogP contribution in [-0.2, 0) is 4.79 Å². The number of carboxylic acids is 1. The average molecular weight is 270 g/mol. The standard InChI is InChI=1S/C14H26N2O3/c1-3-7-16(10-13(17)18)14(19)15-9-12-6-4-5-11(2)8-12/h11-12H,3-10H2,1-2H3,(H,15,19)(H,17,18). The summed E-state index contributed by atoms with van der Waals surface area (Å²) >= 11 is 0. The number of carbonyl (C=O) groups is 2. The minimum Gasteiger partial charge on any atom is -0.480 e. The summed E-state index contributed by atoms with van der Waals surface area (Å²) in [5, 5.41) is 11.7. The van der Waals surface area contributed by atoms with Crippen molar-refractivity contribution in [3.63, 3.8) is 0 Å². The fourth-order valence-electron chi connectivity index (χ4n) is 2.77. The Morgan fingerprint density at radius 1 is 1.37 bits per heavy atom. The van der Waals surface area contributed by atoms with Gasteiger partial charge in [0.15, 0.2) is 0 Å². The van der Waals surface area contributed by atoms with Crippen molar-refractivity contribution < 1.29 is 14.7 Å². The lowest BCUT2D eigenvalue weighted by molar-refractivity contribution is -0.137. The summed E-state index contributed by atoms with van der Waals surface area (Å²) in [7, 11) is 0. The molecule has 110 valence electrons. The second-order valence-electron chi connectivity index (χ2n) is 5.64. The first-order valence-corrected chi connectivity index (χ1v) is 7.27. The van der Waals surface area contributed by atoms with E-state index in [0.717, 1.165) is 25.2 Å². The molecule has 2 atom stereocenters. The van der Waals surface area contributed by atoms with Crippen molar-refractivity contribution in [3.8, 4) is 0 Å². The van der Waals surface area contributed by atoms with E-state index in [4.69, 9.17) is 5.11 Å². The van der Waals surface area contributed by atoms with E-state index in [0.29, 0.717) is 19.0 Å². The number of nitrogens with one attached hydrogen (secondary N) is 1. The van der Waals surface area contributed by atoms with Crippen molar-refractivity contribution in [2.24, 2.45) is 11.8 Å². The molecule has 5 nitrogen and oxygen atoms in total. The van der Waals surface area contributed by atoms with E-state index in [-0.39, 0.29) is 12.6 Å². The van der Waals surface area contributed by atoms with Crippen LogP contribution in [0.3, 0.4) is 0 Å². The molecule has 0 radical (unpaired) electrons. The van der Waals surface area contributed by atoms with Crippen LogP contribution in [0, 0.1) is 11.8 Å². The predicted octanol–water partition coefficient (Wildman–Crippen LogP) is 2.32. The number of hydrogen-bond acceptors (Lipinski definition) is 2. The van der Waals surface area contributed by atoms with E-state index in [2.05, 4.69) is 12.2 Å². The van der Waals surface area contributed by atoms with Crippen LogP contribution in [0.1, 0.15) is 46.0 Å². The van der Waals surface area contributed by atoms with Crippen LogP contribution in [0.2, 0.25) is 0 Å². The monoisotopic (exact) mass is 270 g/mol. The molecule has 0 saturated heterocycles. The van der Waals surface area contributed by atoms with E-state index in [1.165, 1.54) is 17.7 Å². The summed E-state index contributed by atoms with van der Waals surface area (Å²) < 4.78 is 0. The van der Waals surface area contributed by atoms with Crippen molar-refractivity contribution in [1.29, 1.82) is 0 Å². The zero-order chi connectivity index (χ0) is 14.3. The van der Waals surface area contributed by atoms with Gasteiger partial charge in [0, 0.05) is 13.1 Å². The minimum absolute atomic E-state index is 0.221. The quantitative estimate of drug-likeness (QED) is 0.778. The van der Waals surface area contributed by atoms with Crippen molar-refractivity contribution in [2.75, 3.05) is 19.6 Å². The highest BCUT2D eigenvalue weighted by molar-refractivity contribution is 5.80. The lowest BCUT2D eigenvalue weighted by Gasteiger charge is -2.28. The first-order valence-electron chi connectivity index (χ1n) is 7.27. The SMILES string of the molecule is CCCN(CC(=O)O)C(=O)NCC1CCCC(C)C1. The summed E-state index contributed by atoms with van der Waals surface area (Å²) in [4.78, 5) is 24.0. The number of urea groups is 1. The van der Waals surface area contributed by atoms with Crippen LogP contribution in [0.5, 0.6) is 0 Å². The highest BCUT2D eigenvalue weighted by atomic mass is 16.4. The molecule has 0 bridgehead atoms. The minimum atomic E-state index is -0.963. The first-order chi connectivity index (χ1) is 9.02. The maximum atomic E-state index is 11.9. The topological polar surface area (TPSA) is 69.6 Å². The largest absolute Gasteiger partial charge is 0.480 e. The molecule has 0 aromatic carbocycles. The molecule has 1 aliphatic rings. The van der Waals surface area contributed by atoms with Gasteiger partial charge in [-0.05, 0) is 31.1 Å². The maximum absolute atomic E-state index is 11.9. The van der Waals surface area contributed by atoms with Crippen LogP contribution in [-0.4, -0.2) is 41.6 Å². The van der Waals surface area contributed by atoms with Crippen molar-refractivity contribution >= 4 is 12.0 Å². The van der Waals surface area contributed by atoms with Gasteiger partial charge in [-0.3, -0.25) is 4.79 Å². The highest BCUT2D eigenvalue weighted by Crippen LogP contribution is 2.27. The Morgan fingerprint density at radius 2 is 2.11 bits per heavy atom. The normalized spacial score (nSPS) is 22.8. The Morgan fingerprint density at radius 3 is 2.68 bits per heavy atom. The van der Waals surface area contributed by atoms with E-state index in [9.17, 15) is 9.59 Å². The molecular formula is C14H26N2O3. The lowest BCUT2D eigenvalue weighted by atomic mass is 9.82. The van der Waals surface area contributed by atoms with Crippen LogP contribution >= 0.6 is 0 Å². The second-order valence-corrected chi connectivity index (χ2v) is 5.64. The summed E-state index contributed by atoms with van der Waals surface area (Å²) in [6.45, 7) is 5.12. The third kappa shape index (κ3) is 5.94. The Bertz CT molecular complexity index is 307. The van der Waals surface area contributed by atoms with Crippen LogP contribution < -0.4 is 5.32 Å². The van der Waals surface area contributed by atoms with E-state index >= 15 is 0 Å². The van der Waals surface area contributed by atoms with Crippen molar-refractivity contribution in [2.45, 2.75) is 46.0 Å². The third-order valence-corrected chi connectivity index (χ3v) is 3.69. The molecule has 1 aliphatic carbocycles. The molecule has 0 aliphatic heterocycles. The number of rotatable bonds is 6. The van der Waals surface area contributed by atoms with Gasteiger partial charge < -0.3 is 15.3 Å². The lowest BCUT2D eigenvalue weighted by Crippen LogP contribution is -2.44. The fourth-order valence-corrected chi connectivity index (χ4v) is 2.77. The van der Waals surface area contributed by atoms with E-state index in [1.54, 1.807) is 0 Å². The number of amides is 2. The number of carboxylic acid groups (broad SMARTS) is 1. The third-order valence-electron chi connectivity index (χ3n) is 3.69. The van der Waals surface area contributed by atoms with Crippen molar-refractivity contribution in [3.05, 3.63) is 0 Å². The van der Waals surface area contributed by atoms with Gasteiger partial charge in [-0.2, -0.15) is 0 Å². The van der Waals surface area contributed by atoms with Gasteiger partial charge in [-0.25, -0.2) is 4.79 Å². The van der Waals surface area contributed by atoms with Gasteiger partial charge in [0.05, 0.1) is 0 Å². The van der Waals surface area contributed by atoms with Gasteiger partial charge in [0.2, 0.25) is 0 Å². The Hall–Kier alpha value is -1.26. The molecular weight excluding hydrogens is 244 g/mol. The summed E-state index contributed by atoms with van der Waals surface area (Å²) in [5.74, 6) is 0.317. The maximum Gasteiger partial charge on any atom is 0.323 e. The highest BCUT2D eigenvalue weighted by Gasteiger charge is 2.21. The number of hydrogen-bond donors (Lipinski definition) is 2. The summed E-state index contributed by atoms with van der Waals surface area (Å²) in [5.41, 5.74) is 0. The Labute approximate surface area is 115 Å². The molecule has 0 spiro atoms. The van der Waals surface area contributed by atoms with E-state index in [1.807, 2.05) is 6.92 Å². The van der Waals surface area contributed by atoms with Crippen LogP contribution in [0.25, 0.3) is 0 Å². The summed E-state index contributed by atoms with van der Waals surface area (Å²) in [6, 6.07) is -0.248. The predicted molar refractivity (Wildman–Crippen MR) is 74.0 cm³/mol. The average Bonchev–Trinajstić information content (AvgIpc) is 2.35. The molecule has 1 saturated carbocycles. The molecule has 2 amide bonds.